The largest absolute Gasteiger partial charge is 0.255 e. The highest BCUT2D eigenvalue weighted by Gasteiger charge is 2.10. The lowest BCUT2D eigenvalue weighted by molar-refractivity contribution is 0.769. The molecule has 0 radical (unpaired) electrons. The molecule has 20 heavy (non-hydrogen) atoms. The molecule has 3 rings (SSSR count). The molecule has 0 aliphatic carbocycles. The second-order valence-electron chi connectivity index (χ2n) is 4.75. The van der Waals surface area contributed by atoms with Crippen LogP contribution in [0.15, 0.2) is 36.5 Å². The van der Waals surface area contributed by atoms with E-state index in [1.165, 1.54) is 0 Å². The smallest absolute Gasteiger partial charge is 0.251 e. The highest BCUT2D eigenvalue weighted by atomic mass is 15.4. The number of hydrogen-bond acceptors (Lipinski definition) is 4. The van der Waals surface area contributed by atoms with Gasteiger partial charge >= 0.3 is 0 Å². The third-order valence-corrected chi connectivity index (χ3v) is 2.97. The summed E-state index contributed by atoms with van der Waals surface area (Å²) in [6.07, 6.45) is 1.76. The van der Waals surface area contributed by atoms with Gasteiger partial charge in [-0.1, -0.05) is 6.07 Å². The number of nitrogens with zero attached hydrogens (tertiary/aromatic N) is 5. The molecule has 0 aliphatic rings. The molecule has 0 amide bonds. The van der Waals surface area contributed by atoms with E-state index in [9.17, 15) is 0 Å². The Kier molecular flexibility index (Phi) is 3.02. The molecule has 3 aromatic rings. The maximum Gasteiger partial charge on any atom is 0.251 e. The lowest BCUT2D eigenvalue weighted by Crippen LogP contribution is -2.07. The Morgan fingerprint density at radius 1 is 0.900 bits per heavy atom. The SMILES string of the molecule is Cc1cc(-c2ccccn2)nc(-n2nc(C)cc2C)n1. The van der Waals surface area contributed by atoms with E-state index >= 15 is 0 Å². The van der Waals surface area contributed by atoms with Crippen molar-refractivity contribution in [1.82, 2.24) is 24.7 Å². The van der Waals surface area contributed by atoms with Crippen LogP contribution in [0.5, 0.6) is 0 Å². The quantitative estimate of drug-likeness (QED) is 0.714. The number of hydrogen-bond donors (Lipinski definition) is 0. The van der Waals surface area contributed by atoms with E-state index in [2.05, 4.69) is 20.1 Å². The zero-order chi connectivity index (χ0) is 14.1. The highest BCUT2D eigenvalue weighted by molar-refractivity contribution is 5.54. The zero-order valence-corrected chi connectivity index (χ0v) is 11.7. The fraction of sp³-hybridized carbons (Fsp3) is 0.200. The average Bonchev–Trinajstić information content (AvgIpc) is 2.78. The second kappa shape index (κ2) is 4.85. The highest BCUT2D eigenvalue weighted by Crippen LogP contribution is 2.17. The first-order chi connectivity index (χ1) is 9.63. The lowest BCUT2D eigenvalue weighted by Gasteiger charge is -2.06. The zero-order valence-electron chi connectivity index (χ0n) is 11.7. The molecule has 0 fully saturated rings. The van der Waals surface area contributed by atoms with Crippen LogP contribution in [0, 0.1) is 20.8 Å². The summed E-state index contributed by atoms with van der Waals surface area (Å²) >= 11 is 0. The maximum absolute atomic E-state index is 4.58. The monoisotopic (exact) mass is 265 g/mol. The third kappa shape index (κ3) is 2.30. The van der Waals surface area contributed by atoms with Crippen LogP contribution >= 0.6 is 0 Å². The molecule has 0 saturated carbocycles. The summed E-state index contributed by atoms with van der Waals surface area (Å²) in [5.74, 6) is 0.580. The second-order valence-corrected chi connectivity index (χ2v) is 4.75. The molecule has 0 aliphatic heterocycles. The van der Waals surface area contributed by atoms with Gasteiger partial charge in [0.1, 0.15) is 0 Å². The molecule has 5 nitrogen and oxygen atoms in total. The Morgan fingerprint density at radius 3 is 2.40 bits per heavy atom. The van der Waals surface area contributed by atoms with E-state index in [0.717, 1.165) is 28.5 Å². The van der Waals surface area contributed by atoms with Crippen LogP contribution < -0.4 is 0 Å². The van der Waals surface area contributed by atoms with Gasteiger partial charge in [-0.3, -0.25) is 4.98 Å². The fourth-order valence-electron chi connectivity index (χ4n) is 2.12. The molecule has 0 aromatic carbocycles. The van der Waals surface area contributed by atoms with Crippen LogP contribution in [0.1, 0.15) is 17.1 Å². The van der Waals surface area contributed by atoms with Gasteiger partial charge in [-0.15, -0.1) is 0 Å². The number of aryl methyl sites for hydroxylation is 3. The van der Waals surface area contributed by atoms with Crippen molar-refractivity contribution in [3.05, 3.63) is 53.6 Å². The summed E-state index contributed by atoms with van der Waals surface area (Å²) in [5, 5.41) is 4.43. The van der Waals surface area contributed by atoms with Crippen molar-refractivity contribution in [2.75, 3.05) is 0 Å². The first kappa shape index (κ1) is 12.5. The van der Waals surface area contributed by atoms with E-state index in [1.807, 2.05) is 51.1 Å². The predicted octanol–water partition coefficient (Wildman–Crippen LogP) is 2.65. The average molecular weight is 265 g/mol. The molecule has 3 heterocycles. The molecule has 0 unspecified atom stereocenters. The number of rotatable bonds is 2. The van der Waals surface area contributed by atoms with Gasteiger partial charge in [0.2, 0.25) is 0 Å². The van der Waals surface area contributed by atoms with E-state index in [1.54, 1.807) is 10.9 Å². The van der Waals surface area contributed by atoms with Gasteiger partial charge in [-0.05, 0) is 45.0 Å². The maximum atomic E-state index is 4.58. The van der Waals surface area contributed by atoms with Crippen molar-refractivity contribution in [3.63, 3.8) is 0 Å². The van der Waals surface area contributed by atoms with Gasteiger partial charge < -0.3 is 0 Å². The Labute approximate surface area is 117 Å². The standard InChI is InChI=1S/C15H15N5/c1-10-9-14(13-6-4-5-7-16-13)18-15(17-10)20-12(3)8-11(2)19-20/h4-9H,1-3H3. The summed E-state index contributed by atoms with van der Waals surface area (Å²) in [6, 6.07) is 9.71. The summed E-state index contributed by atoms with van der Waals surface area (Å²) < 4.78 is 1.76. The van der Waals surface area contributed by atoms with Crippen molar-refractivity contribution >= 4 is 0 Å². The van der Waals surface area contributed by atoms with Crippen molar-refractivity contribution in [2.45, 2.75) is 20.8 Å². The molecule has 0 atom stereocenters. The molecule has 100 valence electrons. The van der Waals surface area contributed by atoms with Gasteiger partial charge in [0, 0.05) is 17.6 Å². The van der Waals surface area contributed by atoms with Crippen molar-refractivity contribution in [1.29, 1.82) is 0 Å². The van der Waals surface area contributed by atoms with Crippen molar-refractivity contribution < 1.29 is 0 Å². The molecule has 0 spiro atoms. The molecule has 5 heteroatoms. The summed E-state index contributed by atoms with van der Waals surface area (Å²) in [7, 11) is 0. The predicted molar refractivity (Wildman–Crippen MR) is 76.6 cm³/mol. The Hall–Kier alpha value is -2.56. The first-order valence-corrected chi connectivity index (χ1v) is 6.44. The minimum absolute atomic E-state index is 0.580. The van der Waals surface area contributed by atoms with E-state index in [-0.39, 0.29) is 0 Å². The topological polar surface area (TPSA) is 56.5 Å². The Balaban J connectivity index is 2.14. The van der Waals surface area contributed by atoms with Crippen LogP contribution in [-0.2, 0) is 0 Å². The summed E-state index contributed by atoms with van der Waals surface area (Å²) in [6.45, 7) is 5.90. The lowest BCUT2D eigenvalue weighted by atomic mass is 10.2. The van der Waals surface area contributed by atoms with Crippen LogP contribution in [0.3, 0.4) is 0 Å². The van der Waals surface area contributed by atoms with E-state index < -0.39 is 0 Å². The number of aromatic nitrogens is 5. The van der Waals surface area contributed by atoms with E-state index in [0.29, 0.717) is 5.95 Å². The molecule has 3 aromatic heterocycles. The summed E-state index contributed by atoms with van der Waals surface area (Å²) in [4.78, 5) is 13.4. The molecule has 0 saturated heterocycles. The summed E-state index contributed by atoms with van der Waals surface area (Å²) in [5.41, 5.74) is 4.50. The fourth-order valence-corrected chi connectivity index (χ4v) is 2.12. The third-order valence-electron chi connectivity index (χ3n) is 2.97. The van der Waals surface area contributed by atoms with Crippen molar-refractivity contribution in [3.8, 4) is 17.3 Å². The van der Waals surface area contributed by atoms with Gasteiger partial charge in [0.15, 0.2) is 0 Å². The van der Waals surface area contributed by atoms with Crippen LogP contribution in [0.25, 0.3) is 17.3 Å². The van der Waals surface area contributed by atoms with Gasteiger partial charge in [-0.25, -0.2) is 14.6 Å². The van der Waals surface area contributed by atoms with E-state index in [4.69, 9.17) is 0 Å². The molecular formula is C15H15N5. The Bertz CT molecular complexity index is 746. The van der Waals surface area contributed by atoms with Gasteiger partial charge in [0.05, 0.1) is 17.1 Å². The minimum atomic E-state index is 0.580. The van der Waals surface area contributed by atoms with Gasteiger partial charge in [-0.2, -0.15) is 5.10 Å². The van der Waals surface area contributed by atoms with Crippen LogP contribution in [0.4, 0.5) is 0 Å². The normalized spacial score (nSPS) is 10.8. The van der Waals surface area contributed by atoms with Crippen molar-refractivity contribution in [2.24, 2.45) is 0 Å². The number of pyridine rings is 1. The molecule has 0 N–H and O–H groups in total. The molecule has 0 bridgehead atoms. The first-order valence-electron chi connectivity index (χ1n) is 6.44. The Morgan fingerprint density at radius 2 is 1.75 bits per heavy atom. The van der Waals surface area contributed by atoms with Crippen LogP contribution in [-0.4, -0.2) is 24.7 Å². The van der Waals surface area contributed by atoms with Crippen LogP contribution in [0.2, 0.25) is 0 Å². The minimum Gasteiger partial charge on any atom is -0.255 e. The molecular weight excluding hydrogens is 250 g/mol. The van der Waals surface area contributed by atoms with Gasteiger partial charge in [0.25, 0.3) is 5.95 Å².